The second-order valence-corrected chi connectivity index (χ2v) is 4.79. The predicted octanol–water partition coefficient (Wildman–Crippen LogP) is 2.52. The van der Waals surface area contributed by atoms with E-state index >= 15 is 0 Å². The molecular weight excluding hydrogens is 228 g/mol. The first-order valence-electron chi connectivity index (χ1n) is 6.65. The molecule has 1 heterocycles. The fourth-order valence-electron chi connectivity index (χ4n) is 2.50. The van der Waals surface area contributed by atoms with Gasteiger partial charge in [0, 0.05) is 12.6 Å². The van der Waals surface area contributed by atoms with Crippen LogP contribution >= 0.6 is 0 Å². The summed E-state index contributed by atoms with van der Waals surface area (Å²) in [4.78, 5) is 8.51. The van der Waals surface area contributed by atoms with Crippen molar-refractivity contribution in [3.63, 3.8) is 0 Å². The van der Waals surface area contributed by atoms with Gasteiger partial charge in [-0.2, -0.15) is 0 Å². The van der Waals surface area contributed by atoms with Crippen molar-refractivity contribution < 1.29 is 4.74 Å². The van der Waals surface area contributed by atoms with Crippen LogP contribution in [0.2, 0.25) is 0 Å². The molecule has 18 heavy (non-hydrogen) atoms. The van der Waals surface area contributed by atoms with Crippen molar-refractivity contribution in [1.29, 1.82) is 0 Å². The van der Waals surface area contributed by atoms with Crippen molar-refractivity contribution in [3.05, 3.63) is 6.33 Å². The maximum absolute atomic E-state index is 5.42. The quantitative estimate of drug-likeness (QED) is 0.841. The Kier molecular flexibility index (Phi) is 4.23. The molecule has 0 aromatic carbocycles. The van der Waals surface area contributed by atoms with Gasteiger partial charge in [-0.15, -0.1) is 0 Å². The van der Waals surface area contributed by atoms with E-state index in [2.05, 4.69) is 27.5 Å². The Balaban J connectivity index is 2.18. The number of aromatic nitrogens is 2. The molecule has 2 N–H and O–H groups in total. The molecule has 0 aliphatic heterocycles. The Morgan fingerprint density at radius 1 is 1.33 bits per heavy atom. The minimum atomic E-state index is 0.489. The van der Waals surface area contributed by atoms with Crippen LogP contribution in [0.4, 0.5) is 11.6 Å². The van der Waals surface area contributed by atoms with Crippen LogP contribution < -0.4 is 15.4 Å². The van der Waals surface area contributed by atoms with Gasteiger partial charge in [-0.05, 0) is 25.7 Å². The summed E-state index contributed by atoms with van der Waals surface area (Å²) in [7, 11) is 1.66. The maximum Gasteiger partial charge on any atom is 0.204 e. The first-order valence-corrected chi connectivity index (χ1v) is 6.65. The Morgan fingerprint density at radius 3 is 2.72 bits per heavy atom. The van der Waals surface area contributed by atoms with Crippen LogP contribution in [0.15, 0.2) is 6.33 Å². The molecule has 1 aliphatic rings. The fourth-order valence-corrected chi connectivity index (χ4v) is 2.50. The van der Waals surface area contributed by atoms with Crippen LogP contribution in [0.3, 0.4) is 0 Å². The van der Waals surface area contributed by atoms with E-state index in [1.807, 2.05) is 6.92 Å². The molecule has 2 unspecified atom stereocenters. The highest BCUT2D eigenvalue weighted by Crippen LogP contribution is 2.33. The molecule has 1 fully saturated rings. The molecule has 1 aromatic rings. The number of nitrogens with one attached hydrogen (secondary N) is 2. The second-order valence-electron chi connectivity index (χ2n) is 4.79. The minimum Gasteiger partial charge on any atom is -0.490 e. The maximum atomic E-state index is 5.42. The van der Waals surface area contributed by atoms with Gasteiger partial charge in [-0.25, -0.2) is 9.97 Å². The van der Waals surface area contributed by atoms with Crippen LogP contribution in [0, 0.1) is 5.92 Å². The average molecular weight is 250 g/mol. The lowest BCUT2D eigenvalue weighted by atomic mass is 10.1. The number of anilines is 2. The largest absolute Gasteiger partial charge is 0.490 e. The number of methoxy groups -OCH3 is 1. The summed E-state index contributed by atoms with van der Waals surface area (Å²) in [5, 5.41) is 6.68. The third-order valence-electron chi connectivity index (χ3n) is 3.54. The van der Waals surface area contributed by atoms with Crippen LogP contribution in [-0.2, 0) is 0 Å². The highest BCUT2D eigenvalue weighted by Gasteiger charge is 2.25. The summed E-state index contributed by atoms with van der Waals surface area (Å²) >= 11 is 0. The van der Waals surface area contributed by atoms with Gasteiger partial charge in [0.05, 0.1) is 7.11 Å². The Morgan fingerprint density at radius 2 is 2.11 bits per heavy atom. The summed E-state index contributed by atoms with van der Waals surface area (Å²) in [5.74, 6) is 2.94. The van der Waals surface area contributed by atoms with Gasteiger partial charge in [0.25, 0.3) is 0 Å². The lowest BCUT2D eigenvalue weighted by Crippen LogP contribution is -2.23. The molecule has 0 spiro atoms. The van der Waals surface area contributed by atoms with E-state index in [-0.39, 0.29) is 0 Å². The number of ether oxygens (including phenoxy) is 1. The van der Waals surface area contributed by atoms with Crippen molar-refractivity contribution >= 4 is 11.6 Å². The third-order valence-corrected chi connectivity index (χ3v) is 3.54. The molecule has 2 rings (SSSR count). The van der Waals surface area contributed by atoms with E-state index in [0.29, 0.717) is 17.7 Å². The average Bonchev–Trinajstić information content (AvgIpc) is 2.76. The van der Waals surface area contributed by atoms with Crippen LogP contribution in [0.25, 0.3) is 0 Å². The van der Waals surface area contributed by atoms with Gasteiger partial charge in [0.15, 0.2) is 11.6 Å². The van der Waals surface area contributed by atoms with E-state index in [1.54, 1.807) is 13.4 Å². The molecule has 1 aromatic heterocycles. The summed E-state index contributed by atoms with van der Waals surface area (Å²) < 4.78 is 5.42. The molecule has 100 valence electrons. The van der Waals surface area contributed by atoms with Crippen LogP contribution in [0.5, 0.6) is 5.75 Å². The fraction of sp³-hybridized carbons (Fsp3) is 0.692. The van der Waals surface area contributed by atoms with Crippen molar-refractivity contribution in [2.75, 3.05) is 24.3 Å². The lowest BCUT2D eigenvalue weighted by molar-refractivity contribution is 0.413. The van der Waals surface area contributed by atoms with Gasteiger partial charge in [-0.1, -0.05) is 13.3 Å². The zero-order chi connectivity index (χ0) is 13.0. The highest BCUT2D eigenvalue weighted by atomic mass is 16.5. The number of hydrogen-bond acceptors (Lipinski definition) is 5. The van der Waals surface area contributed by atoms with Gasteiger partial charge in [0.1, 0.15) is 6.33 Å². The van der Waals surface area contributed by atoms with Crippen molar-refractivity contribution in [3.8, 4) is 5.75 Å². The lowest BCUT2D eigenvalue weighted by Gasteiger charge is -2.20. The molecule has 1 aliphatic carbocycles. The predicted molar refractivity (Wildman–Crippen MR) is 73.2 cm³/mol. The summed E-state index contributed by atoms with van der Waals surface area (Å²) in [6.07, 6.45) is 5.34. The monoisotopic (exact) mass is 250 g/mol. The molecule has 1 saturated carbocycles. The standard InChI is InChI=1S/C13H22N4O/c1-4-14-12-11(18-3)13(16-8-15-12)17-10-7-5-6-9(10)2/h8-10H,4-7H2,1-3H3,(H2,14,15,16,17). The van der Waals surface area contributed by atoms with E-state index in [0.717, 1.165) is 18.2 Å². The Hall–Kier alpha value is -1.52. The first-order chi connectivity index (χ1) is 8.76. The zero-order valence-corrected chi connectivity index (χ0v) is 11.4. The summed E-state index contributed by atoms with van der Waals surface area (Å²) in [6.45, 7) is 5.13. The topological polar surface area (TPSA) is 59.1 Å². The van der Waals surface area contributed by atoms with Gasteiger partial charge < -0.3 is 15.4 Å². The SMILES string of the molecule is CCNc1ncnc(NC2CCCC2C)c1OC. The molecule has 2 atom stereocenters. The highest BCUT2D eigenvalue weighted by molar-refractivity contribution is 5.63. The van der Waals surface area contributed by atoms with Crippen LogP contribution in [0.1, 0.15) is 33.1 Å². The number of hydrogen-bond donors (Lipinski definition) is 2. The Labute approximate surface area is 108 Å². The molecule has 5 nitrogen and oxygen atoms in total. The molecular formula is C13H22N4O. The van der Waals surface area contributed by atoms with E-state index in [4.69, 9.17) is 4.74 Å². The minimum absolute atomic E-state index is 0.489. The molecule has 0 saturated heterocycles. The Bertz CT molecular complexity index is 397. The number of rotatable bonds is 5. The van der Waals surface area contributed by atoms with Crippen molar-refractivity contribution in [2.45, 2.75) is 39.2 Å². The third kappa shape index (κ3) is 2.66. The first kappa shape index (κ1) is 12.9. The molecule has 0 bridgehead atoms. The van der Waals surface area contributed by atoms with Gasteiger partial charge in [0.2, 0.25) is 5.75 Å². The van der Waals surface area contributed by atoms with Crippen molar-refractivity contribution in [2.24, 2.45) is 5.92 Å². The normalized spacial score (nSPS) is 22.8. The van der Waals surface area contributed by atoms with Gasteiger partial charge >= 0.3 is 0 Å². The summed E-state index contributed by atoms with van der Waals surface area (Å²) in [5.41, 5.74) is 0. The molecule has 0 amide bonds. The molecule has 5 heteroatoms. The molecule has 0 radical (unpaired) electrons. The van der Waals surface area contributed by atoms with E-state index < -0.39 is 0 Å². The van der Waals surface area contributed by atoms with E-state index in [9.17, 15) is 0 Å². The number of nitrogens with zero attached hydrogens (tertiary/aromatic N) is 2. The second kappa shape index (κ2) is 5.89. The smallest absolute Gasteiger partial charge is 0.204 e. The van der Waals surface area contributed by atoms with E-state index in [1.165, 1.54) is 19.3 Å². The van der Waals surface area contributed by atoms with Gasteiger partial charge in [-0.3, -0.25) is 0 Å². The summed E-state index contributed by atoms with van der Waals surface area (Å²) in [6, 6.07) is 0.489. The zero-order valence-electron chi connectivity index (χ0n) is 11.4. The van der Waals surface area contributed by atoms with Crippen molar-refractivity contribution in [1.82, 2.24) is 9.97 Å². The van der Waals surface area contributed by atoms with Crippen LogP contribution in [-0.4, -0.2) is 29.7 Å².